The highest BCUT2D eigenvalue weighted by molar-refractivity contribution is 5.95. The SMILES string of the molecule is Cc1cc([C@@H](NC(=O)c2cc(CO)cc(C3CC3)c2)C2CC2)ccc1F. The van der Waals surface area contributed by atoms with Crippen molar-refractivity contribution >= 4 is 5.91 Å². The standard InChI is InChI=1S/C22H24FNO2/c1-13-8-17(6-7-20(13)23)21(16-4-5-16)24-22(26)19-10-14(12-25)9-18(11-19)15-2-3-15/h6-11,15-16,21,25H,2-5,12H2,1H3,(H,24,26)/t21-/m0/s1. The molecule has 4 heteroatoms. The van der Waals surface area contributed by atoms with Gasteiger partial charge in [0.15, 0.2) is 0 Å². The molecule has 0 radical (unpaired) electrons. The first-order chi connectivity index (χ1) is 12.5. The number of aryl methyl sites for hydroxylation is 1. The molecule has 1 atom stereocenters. The Morgan fingerprint density at radius 2 is 1.96 bits per heavy atom. The largest absolute Gasteiger partial charge is 0.392 e. The van der Waals surface area contributed by atoms with Crippen LogP contribution in [0.4, 0.5) is 4.39 Å². The summed E-state index contributed by atoms with van der Waals surface area (Å²) in [5.74, 6) is 0.584. The maximum Gasteiger partial charge on any atom is 0.251 e. The van der Waals surface area contributed by atoms with E-state index in [1.54, 1.807) is 19.1 Å². The van der Waals surface area contributed by atoms with Crippen molar-refractivity contribution in [3.63, 3.8) is 0 Å². The zero-order chi connectivity index (χ0) is 18.3. The van der Waals surface area contributed by atoms with Crippen molar-refractivity contribution < 1.29 is 14.3 Å². The van der Waals surface area contributed by atoms with Crippen LogP contribution in [0.3, 0.4) is 0 Å². The molecule has 2 saturated carbocycles. The molecule has 0 aliphatic heterocycles. The maximum atomic E-state index is 13.6. The molecule has 0 bridgehead atoms. The second-order valence-electron chi connectivity index (χ2n) is 7.69. The van der Waals surface area contributed by atoms with E-state index in [1.807, 2.05) is 18.2 Å². The minimum absolute atomic E-state index is 0.0654. The molecule has 0 spiro atoms. The predicted molar refractivity (Wildman–Crippen MR) is 98.4 cm³/mol. The molecule has 3 nitrogen and oxygen atoms in total. The van der Waals surface area contributed by atoms with E-state index in [4.69, 9.17) is 0 Å². The van der Waals surface area contributed by atoms with E-state index in [0.29, 0.717) is 23.0 Å². The van der Waals surface area contributed by atoms with Gasteiger partial charge in [0.2, 0.25) is 0 Å². The van der Waals surface area contributed by atoms with Gasteiger partial charge in [0.05, 0.1) is 12.6 Å². The van der Waals surface area contributed by atoms with E-state index >= 15 is 0 Å². The number of aliphatic hydroxyl groups excluding tert-OH is 1. The Morgan fingerprint density at radius 3 is 2.58 bits per heavy atom. The van der Waals surface area contributed by atoms with Crippen LogP contribution in [0.5, 0.6) is 0 Å². The molecule has 2 aromatic rings. The smallest absolute Gasteiger partial charge is 0.251 e. The number of halogens is 1. The molecular formula is C22H24FNO2. The minimum atomic E-state index is -0.223. The minimum Gasteiger partial charge on any atom is -0.392 e. The number of nitrogens with one attached hydrogen (secondary N) is 1. The van der Waals surface area contributed by atoms with Crippen molar-refractivity contribution in [3.05, 3.63) is 70.0 Å². The third kappa shape index (κ3) is 3.65. The number of carbonyl (C=O) groups is 1. The number of benzene rings is 2. The van der Waals surface area contributed by atoms with Gasteiger partial charge in [0, 0.05) is 5.56 Å². The number of amides is 1. The zero-order valence-electron chi connectivity index (χ0n) is 15.0. The lowest BCUT2D eigenvalue weighted by molar-refractivity contribution is 0.0931. The maximum absolute atomic E-state index is 13.6. The number of hydrogen-bond acceptors (Lipinski definition) is 2. The van der Waals surface area contributed by atoms with Gasteiger partial charge in [-0.1, -0.05) is 18.2 Å². The van der Waals surface area contributed by atoms with Crippen LogP contribution in [0.2, 0.25) is 0 Å². The van der Waals surface area contributed by atoms with Crippen LogP contribution < -0.4 is 5.32 Å². The predicted octanol–water partition coefficient (Wildman–Crippen LogP) is 4.38. The van der Waals surface area contributed by atoms with Gasteiger partial charge >= 0.3 is 0 Å². The molecule has 136 valence electrons. The summed E-state index contributed by atoms with van der Waals surface area (Å²) in [6.45, 7) is 1.68. The zero-order valence-corrected chi connectivity index (χ0v) is 15.0. The first-order valence-electron chi connectivity index (χ1n) is 9.37. The molecule has 2 aliphatic carbocycles. The Hall–Kier alpha value is -2.20. The summed E-state index contributed by atoms with van der Waals surface area (Å²) in [7, 11) is 0. The Bertz CT molecular complexity index is 840. The molecule has 2 N–H and O–H groups in total. The first kappa shape index (κ1) is 17.2. The van der Waals surface area contributed by atoms with E-state index in [0.717, 1.165) is 42.4 Å². The van der Waals surface area contributed by atoms with Crippen molar-refractivity contribution in [2.75, 3.05) is 0 Å². The van der Waals surface area contributed by atoms with E-state index in [-0.39, 0.29) is 24.4 Å². The average Bonchev–Trinajstić information content (AvgIpc) is 3.54. The highest BCUT2D eigenvalue weighted by atomic mass is 19.1. The quantitative estimate of drug-likeness (QED) is 0.809. The summed E-state index contributed by atoms with van der Waals surface area (Å²) in [5.41, 5.74) is 4.08. The van der Waals surface area contributed by atoms with Crippen molar-refractivity contribution in [2.45, 2.75) is 51.2 Å². The molecule has 1 amide bonds. The van der Waals surface area contributed by atoms with Gasteiger partial charge < -0.3 is 10.4 Å². The van der Waals surface area contributed by atoms with Crippen molar-refractivity contribution in [1.29, 1.82) is 0 Å². The van der Waals surface area contributed by atoms with Crippen LogP contribution in [0, 0.1) is 18.7 Å². The highest BCUT2D eigenvalue weighted by Gasteiger charge is 2.34. The highest BCUT2D eigenvalue weighted by Crippen LogP contribution is 2.42. The summed E-state index contributed by atoms with van der Waals surface area (Å²) in [6.07, 6.45) is 4.45. The Morgan fingerprint density at radius 1 is 1.19 bits per heavy atom. The second kappa shape index (κ2) is 6.84. The summed E-state index contributed by atoms with van der Waals surface area (Å²) in [4.78, 5) is 12.9. The van der Waals surface area contributed by atoms with Gasteiger partial charge in [-0.05, 0) is 84.9 Å². The Kier molecular flexibility index (Phi) is 4.53. The van der Waals surface area contributed by atoms with Crippen molar-refractivity contribution in [1.82, 2.24) is 5.32 Å². The van der Waals surface area contributed by atoms with Crippen LogP contribution in [0.15, 0.2) is 36.4 Å². The average molecular weight is 353 g/mol. The molecule has 2 aliphatic rings. The fraction of sp³-hybridized carbons (Fsp3) is 0.409. The number of aliphatic hydroxyl groups is 1. The lowest BCUT2D eigenvalue weighted by Gasteiger charge is -2.20. The third-order valence-corrected chi connectivity index (χ3v) is 5.43. The molecule has 2 fully saturated rings. The van der Waals surface area contributed by atoms with Gasteiger partial charge in [-0.25, -0.2) is 4.39 Å². The number of hydrogen-bond donors (Lipinski definition) is 2. The van der Waals surface area contributed by atoms with E-state index in [9.17, 15) is 14.3 Å². The van der Waals surface area contributed by atoms with Crippen LogP contribution in [-0.4, -0.2) is 11.0 Å². The van der Waals surface area contributed by atoms with Crippen LogP contribution in [-0.2, 0) is 6.61 Å². The second-order valence-corrected chi connectivity index (χ2v) is 7.69. The topological polar surface area (TPSA) is 49.3 Å². The molecular weight excluding hydrogens is 329 g/mol. The van der Waals surface area contributed by atoms with Crippen LogP contribution in [0.1, 0.15) is 70.3 Å². The van der Waals surface area contributed by atoms with Crippen molar-refractivity contribution in [2.24, 2.45) is 5.92 Å². The van der Waals surface area contributed by atoms with Gasteiger partial charge in [0.1, 0.15) is 5.82 Å². The number of carbonyl (C=O) groups excluding carboxylic acids is 1. The summed E-state index contributed by atoms with van der Waals surface area (Å²) < 4.78 is 13.6. The van der Waals surface area contributed by atoms with E-state index in [2.05, 4.69) is 5.32 Å². The first-order valence-corrected chi connectivity index (χ1v) is 9.37. The fourth-order valence-corrected chi connectivity index (χ4v) is 3.58. The van der Waals surface area contributed by atoms with E-state index in [1.165, 1.54) is 6.07 Å². The number of rotatable bonds is 6. The summed E-state index contributed by atoms with van der Waals surface area (Å²) in [6, 6.07) is 10.7. The van der Waals surface area contributed by atoms with Crippen molar-refractivity contribution in [3.8, 4) is 0 Å². The molecule has 4 rings (SSSR count). The Balaban J connectivity index is 1.59. The molecule has 0 aromatic heterocycles. The summed E-state index contributed by atoms with van der Waals surface area (Å²) >= 11 is 0. The molecule has 0 heterocycles. The van der Waals surface area contributed by atoms with E-state index < -0.39 is 0 Å². The van der Waals surface area contributed by atoms with Crippen LogP contribution >= 0.6 is 0 Å². The van der Waals surface area contributed by atoms with Gasteiger partial charge in [-0.2, -0.15) is 0 Å². The molecule has 2 aromatic carbocycles. The lowest BCUT2D eigenvalue weighted by atomic mass is 9.98. The summed E-state index contributed by atoms with van der Waals surface area (Å²) in [5, 5.41) is 12.7. The third-order valence-electron chi connectivity index (χ3n) is 5.43. The normalized spacial score (nSPS) is 17.8. The molecule has 0 saturated heterocycles. The molecule has 0 unspecified atom stereocenters. The lowest BCUT2D eigenvalue weighted by Crippen LogP contribution is -2.30. The fourth-order valence-electron chi connectivity index (χ4n) is 3.58. The van der Waals surface area contributed by atoms with Gasteiger partial charge in [0.25, 0.3) is 5.91 Å². The van der Waals surface area contributed by atoms with Gasteiger partial charge in [-0.3, -0.25) is 4.79 Å². The molecule has 26 heavy (non-hydrogen) atoms. The van der Waals surface area contributed by atoms with Gasteiger partial charge in [-0.15, -0.1) is 0 Å². The monoisotopic (exact) mass is 353 g/mol. The Labute approximate surface area is 153 Å². The van der Waals surface area contributed by atoms with Crippen LogP contribution in [0.25, 0.3) is 0 Å².